The third kappa shape index (κ3) is 4.85. The number of ketones is 1. The minimum atomic E-state index is -0.800. The van der Waals surface area contributed by atoms with Crippen LogP contribution in [0, 0.1) is 6.92 Å². The zero-order valence-corrected chi connectivity index (χ0v) is 21.2. The molecule has 3 aromatic rings. The van der Waals surface area contributed by atoms with Crippen LogP contribution in [-0.4, -0.2) is 63.6 Å². The predicted molar refractivity (Wildman–Crippen MR) is 137 cm³/mol. The number of hydrogen-bond acceptors (Lipinski definition) is 5. The number of amides is 1. The first-order valence-corrected chi connectivity index (χ1v) is 11.9. The van der Waals surface area contributed by atoms with Crippen molar-refractivity contribution < 1.29 is 14.7 Å². The van der Waals surface area contributed by atoms with Gasteiger partial charge in [0, 0.05) is 6.54 Å². The quantitative estimate of drug-likeness (QED) is 0.277. The Balaban J connectivity index is 1.83. The molecule has 1 aliphatic rings. The summed E-state index contributed by atoms with van der Waals surface area (Å²) in [6.45, 7) is 2.88. The van der Waals surface area contributed by atoms with Gasteiger partial charge in [0.2, 0.25) is 0 Å². The number of halogens is 2. The molecule has 1 aromatic heterocycles. The van der Waals surface area contributed by atoms with Gasteiger partial charge in [-0.15, -0.1) is 0 Å². The van der Waals surface area contributed by atoms with Crippen LogP contribution in [0.2, 0.25) is 10.0 Å². The number of benzene rings is 2. The maximum atomic E-state index is 13.2. The summed E-state index contributed by atoms with van der Waals surface area (Å²) < 4.78 is 1.68. The third-order valence-electron chi connectivity index (χ3n) is 6.07. The molecule has 0 saturated carbocycles. The number of hydrogen-bond donors (Lipinski definition) is 1. The SMILES string of the molecule is Cc1c(C(O)=C2C(=O)C(=O)N(CCCN(C)C)[C@@H]2c2ccc(Cl)c(Cl)c2)cnn1-c1ccccc1. The van der Waals surface area contributed by atoms with E-state index in [9.17, 15) is 14.7 Å². The molecule has 1 amide bonds. The number of para-hydroxylation sites is 1. The first-order valence-electron chi connectivity index (χ1n) is 11.2. The van der Waals surface area contributed by atoms with E-state index in [-0.39, 0.29) is 11.3 Å². The van der Waals surface area contributed by atoms with Gasteiger partial charge in [-0.25, -0.2) is 4.68 Å². The molecule has 0 aliphatic carbocycles. The summed E-state index contributed by atoms with van der Waals surface area (Å²) in [4.78, 5) is 29.9. The van der Waals surface area contributed by atoms with E-state index in [0.717, 1.165) is 12.2 Å². The summed E-state index contributed by atoms with van der Waals surface area (Å²) in [5.74, 6) is -1.67. The van der Waals surface area contributed by atoms with Crippen molar-refractivity contribution in [3.63, 3.8) is 0 Å². The van der Waals surface area contributed by atoms with E-state index >= 15 is 0 Å². The lowest BCUT2D eigenvalue weighted by atomic mass is 9.95. The first kappa shape index (κ1) is 25.0. The van der Waals surface area contributed by atoms with Crippen molar-refractivity contribution in [2.75, 3.05) is 27.2 Å². The standard InChI is InChI=1S/C26H26Cl2N4O3/c1-16-19(15-29-32(16)18-8-5-4-6-9-18)24(33)22-23(17-10-11-20(27)21(28)14-17)31(26(35)25(22)34)13-7-12-30(2)3/h4-6,8-11,14-15,23,33H,7,12-13H2,1-3H3/t23-/m1/s1. The molecule has 0 unspecified atom stereocenters. The normalized spacial score (nSPS) is 17.5. The Bertz CT molecular complexity index is 1300. The van der Waals surface area contributed by atoms with E-state index in [1.54, 1.807) is 29.8 Å². The third-order valence-corrected chi connectivity index (χ3v) is 6.81. The highest BCUT2D eigenvalue weighted by atomic mass is 35.5. The van der Waals surface area contributed by atoms with Crippen molar-refractivity contribution in [3.05, 3.63) is 87.2 Å². The molecule has 1 atom stereocenters. The van der Waals surface area contributed by atoms with Crippen molar-refractivity contribution in [2.24, 2.45) is 0 Å². The molecule has 1 saturated heterocycles. The molecule has 7 nitrogen and oxygen atoms in total. The number of carbonyl (C=O) groups excluding carboxylic acids is 2. The van der Waals surface area contributed by atoms with Gasteiger partial charge >= 0.3 is 0 Å². The van der Waals surface area contributed by atoms with Gasteiger partial charge in [0.1, 0.15) is 5.76 Å². The molecule has 1 aliphatic heterocycles. The zero-order valence-electron chi connectivity index (χ0n) is 19.7. The Morgan fingerprint density at radius 3 is 2.46 bits per heavy atom. The molecule has 9 heteroatoms. The van der Waals surface area contributed by atoms with E-state index < -0.39 is 17.7 Å². The Labute approximate surface area is 214 Å². The van der Waals surface area contributed by atoms with Crippen molar-refractivity contribution in [3.8, 4) is 5.69 Å². The topological polar surface area (TPSA) is 78.7 Å². The Kier molecular flexibility index (Phi) is 7.31. The summed E-state index contributed by atoms with van der Waals surface area (Å²) in [5, 5.41) is 16.5. The molecular formula is C26H26Cl2N4O3. The monoisotopic (exact) mass is 512 g/mol. The Morgan fingerprint density at radius 1 is 1.09 bits per heavy atom. The summed E-state index contributed by atoms with van der Waals surface area (Å²) >= 11 is 12.4. The van der Waals surface area contributed by atoms with Gasteiger partial charge in [-0.1, -0.05) is 47.5 Å². The number of aliphatic hydroxyl groups is 1. The highest BCUT2D eigenvalue weighted by Crippen LogP contribution is 2.41. The number of carbonyl (C=O) groups is 2. The van der Waals surface area contributed by atoms with Crippen LogP contribution in [0.25, 0.3) is 11.4 Å². The minimum Gasteiger partial charge on any atom is -0.507 e. The number of nitrogens with zero attached hydrogens (tertiary/aromatic N) is 4. The number of aromatic nitrogens is 2. The second kappa shape index (κ2) is 10.2. The van der Waals surface area contributed by atoms with Crippen LogP contribution in [-0.2, 0) is 9.59 Å². The summed E-state index contributed by atoms with van der Waals surface area (Å²) in [6, 6.07) is 13.6. The molecule has 1 N–H and O–H groups in total. The highest BCUT2D eigenvalue weighted by Gasteiger charge is 2.46. The fraction of sp³-hybridized carbons (Fsp3) is 0.269. The van der Waals surface area contributed by atoms with E-state index in [4.69, 9.17) is 23.2 Å². The molecule has 1 fully saturated rings. The average Bonchev–Trinajstić information content (AvgIpc) is 3.33. The van der Waals surface area contributed by atoms with Gasteiger partial charge in [-0.2, -0.15) is 5.10 Å². The molecule has 182 valence electrons. The molecular weight excluding hydrogens is 487 g/mol. The van der Waals surface area contributed by atoms with Crippen molar-refractivity contribution in [1.29, 1.82) is 0 Å². The first-order chi connectivity index (χ1) is 16.7. The molecule has 0 radical (unpaired) electrons. The smallest absolute Gasteiger partial charge is 0.295 e. The number of aliphatic hydroxyl groups excluding tert-OH is 1. The van der Waals surface area contributed by atoms with Gasteiger partial charge in [0.15, 0.2) is 0 Å². The maximum Gasteiger partial charge on any atom is 0.295 e. The summed E-state index contributed by atoms with van der Waals surface area (Å²) in [6.07, 6.45) is 2.16. The molecule has 2 aromatic carbocycles. The van der Waals surface area contributed by atoms with Gasteiger partial charge in [-0.3, -0.25) is 9.59 Å². The van der Waals surface area contributed by atoms with E-state index in [1.165, 1.54) is 11.1 Å². The second-order valence-corrected chi connectivity index (χ2v) is 9.53. The molecule has 35 heavy (non-hydrogen) atoms. The fourth-order valence-electron chi connectivity index (χ4n) is 4.31. The summed E-state index contributed by atoms with van der Waals surface area (Å²) in [7, 11) is 3.88. The van der Waals surface area contributed by atoms with E-state index in [0.29, 0.717) is 39.8 Å². The van der Waals surface area contributed by atoms with Crippen LogP contribution in [0.5, 0.6) is 0 Å². The largest absolute Gasteiger partial charge is 0.507 e. The fourth-order valence-corrected chi connectivity index (χ4v) is 4.62. The summed E-state index contributed by atoms with van der Waals surface area (Å²) in [5.41, 5.74) is 2.44. The number of Topliss-reactive ketones (excluding diaryl/α,β-unsaturated/α-hetero) is 1. The lowest BCUT2D eigenvalue weighted by molar-refractivity contribution is -0.139. The minimum absolute atomic E-state index is 0.00829. The van der Waals surface area contributed by atoms with Crippen LogP contribution in [0.3, 0.4) is 0 Å². The van der Waals surface area contributed by atoms with Crippen molar-refractivity contribution >= 4 is 40.7 Å². The van der Waals surface area contributed by atoms with Crippen molar-refractivity contribution in [2.45, 2.75) is 19.4 Å². The van der Waals surface area contributed by atoms with Crippen LogP contribution in [0.4, 0.5) is 0 Å². The van der Waals surface area contributed by atoms with Gasteiger partial charge in [-0.05, 0) is 63.8 Å². The zero-order chi connectivity index (χ0) is 25.3. The number of rotatable bonds is 7. The lowest BCUT2D eigenvalue weighted by Gasteiger charge is -2.26. The molecule has 2 heterocycles. The van der Waals surface area contributed by atoms with Gasteiger partial charge in [0.25, 0.3) is 11.7 Å². The van der Waals surface area contributed by atoms with Crippen LogP contribution >= 0.6 is 23.2 Å². The second-order valence-electron chi connectivity index (χ2n) is 8.71. The predicted octanol–water partition coefficient (Wildman–Crippen LogP) is 4.86. The van der Waals surface area contributed by atoms with Gasteiger partial charge in [0.05, 0.1) is 44.8 Å². The Morgan fingerprint density at radius 2 is 1.80 bits per heavy atom. The number of likely N-dealkylation sites (tertiary alicyclic amines) is 1. The van der Waals surface area contributed by atoms with E-state index in [2.05, 4.69) is 5.10 Å². The van der Waals surface area contributed by atoms with Crippen LogP contribution < -0.4 is 0 Å². The Hall–Kier alpha value is -3.13. The molecule has 0 bridgehead atoms. The molecule has 0 spiro atoms. The average molecular weight is 513 g/mol. The molecule has 4 rings (SSSR count). The highest BCUT2D eigenvalue weighted by molar-refractivity contribution is 6.46. The van der Waals surface area contributed by atoms with E-state index in [1.807, 2.05) is 49.3 Å². The van der Waals surface area contributed by atoms with Gasteiger partial charge < -0.3 is 14.9 Å². The van der Waals surface area contributed by atoms with Crippen LogP contribution in [0.1, 0.15) is 29.3 Å². The van der Waals surface area contributed by atoms with Crippen molar-refractivity contribution in [1.82, 2.24) is 19.6 Å². The lowest BCUT2D eigenvalue weighted by Crippen LogP contribution is -2.32. The maximum absolute atomic E-state index is 13.2. The van der Waals surface area contributed by atoms with Crippen LogP contribution in [0.15, 0.2) is 60.3 Å².